The van der Waals surface area contributed by atoms with Crippen molar-refractivity contribution in [1.82, 2.24) is 19.7 Å². The van der Waals surface area contributed by atoms with Crippen LogP contribution in [0.3, 0.4) is 0 Å². The Kier molecular flexibility index (Phi) is 6.05. The van der Waals surface area contributed by atoms with Gasteiger partial charge in [-0.1, -0.05) is 5.21 Å². The lowest BCUT2D eigenvalue weighted by Crippen LogP contribution is -2.28. The Balaban J connectivity index is 2.41. The van der Waals surface area contributed by atoms with Gasteiger partial charge in [-0.2, -0.15) is 0 Å². The molecule has 0 aliphatic heterocycles. The molecule has 0 fully saturated rings. The standard InChI is InChI=1S/C10H18N4O5S/c1-8(2)19-3-4-20(17,18)11-5-9-6-14(13-12-9)7-10(15)16/h6,8,11H,3-5,7H2,1-2H3,(H,15,16). The van der Waals surface area contributed by atoms with Crippen molar-refractivity contribution < 1.29 is 23.1 Å². The molecule has 0 aromatic carbocycles. The van der Waals surface area contributed by atoms with E-state index in [0.717, 1.165) is 4.68 Å². The minimum atomic E-state index is -3.46. The number of nitrogens with zero attached hydrogens (tertiary/aromatic N) is 3. The average Bonchev–Trinajstić information content (AvgIpc) is 2.72. The Labute approximate surface area is 117 Å². The Morgan fingerprint density at radius 3 is 2.85 bits per heavy atom. The zero-order chi connectivity index (χ0) is 15.2. The molecule has 0 aliphatic rings. The van der Waals surface area contributed by atoms with Crippen LogP contribution in [0.1, 0.15) is 19.5 Å². The van der Waals surface area contributed by atoms with Crippen molar-refractivity contribution in [2.75, 3.05) is 12.4 Å². The largest absolute Gasteiger partial charge is 0.480 e. The van der Waals surface area contributed by atoms with E-state index in [0.29, 0.717) is 5.69 Å². The second-order valence-corrected chi connectivity index (χ2v) is 6.29. The van der Waals surface area contributed by atoms with E-state index in [-0.39, 0.29) is 31.6 Å². The molecule has 20 heavy (non-hydrogen) atoms. The van der Waals surface area contributed by atoms with Gasteiger partial charge in [-0.15, -0.1) is 5.10 Å². The zero-order valence-corrected chi connectivity index (χ0v) is 12.1. The Bertz CT molecular complexity index is 540. The molecule has 0 spiro atoms. The van der Waals surface area contributed by atoms with E-state index >= 15 is 0 Å². The molecular weight excluding hydrogens is 288 g/mol. The number of carbonyl (C=O) groups is 1. The summed E-state index contributed by atoms with van der Waals surface area (Å²) in [6.07, 6.45) is 1.35. The van der Waals surface area contributed by atoms with Crippen molar-refractivity contribution >= 4 is 16.0 Å². The highest BCUT2D eigenvalue weighted by Crippen LogP contribution is 1.96. The number of hydrogen-bond donors (Lipinski definition) is 2. The van der Waals surface area contributed by atoms with Crippen LogP contribution in [0.2, 0.25) is 0 Å². The van der Waals surface area contributed by atoms with Crippen LogP contribution < -0.4 is 4.72 Å². The van der Waals surface area contributed by atoms with Crippen LogP contribution >= 0.6 is 0 Å². The summed E-state index contributed by atoms with van der Waals surface area (Å²) in [5.41, 5.74) is 0.347. The van der Waals surface area contributed by atoms with Crippen molar-refractivity contribution in [3.63, 3.8) is 0 Å². The summed E-state index contributed by atoms with van der Waals surface area (Å²) < 4.78 is 31.9. The van der Waals surface area contributed by atoms with Crippen LogP contribution in [-0.4, -0.2) is 53.0 Å². The van der Waals surface area contributed by atoms with Crippen LogP contribution in [-0.2, 0) is 32.6 Å². The summed E-state index contributed by atoms with van der Waals surface area (Å²) >= 11 is 0. The van der Waals surface area contributed by atoms with E-state index in [1.54, 1.807) is 0 Å². The van der Waals surface area contributed by atoms with Gasteiger partial charge in [0.05, 0.1) is 36.9 Å². The first-order valence-corrected chi connectivity index (χ1v) is 7.63. The van der Waals surface area contributed by atoms with Crippen LogP contribution in [0.4, 0.5) is 0 Å². The topological polar surface area (TPSA) is 123 Å². The zero-order valence-electron chi connectivity index (χ0n) is 11.3. The Morgan fingerprint density at radius 2 is 2.25 bits per heavy atom. The molecule has 1 aromatic rings. The molecule has 0 bridgehead atoms. The fourth-order valence-electron chi connectivity index (χ4n) is 1.28. The highest BCUT2D eigenvalue weighted by molar-refractivity contribution is 7.89. The quantitative estimate of drug-likeness (QED) is 0.612. The number of ether oxygens (including phenoxy) is 1. The maximum absolute atomic E-state index is 11.6. The number of aliphatic carboxylic acids is 1. The van der Waals surface area contributed by atoms with Crippen molar-refractivity contribution in [3.8, 4) is 0 Å². The van der Waals surface area contributed by atoms with E-state index in [2.05, 4.69) is 15.0 Å². The summed E-state index contributed by atoms with van der Waals surface area (Å²) in [6, 6.07) is 0. The molecule has 0 atom stereocenters. The second-order valence-electron chi connectivity index (χ2n) is 4.36. The van der Waals surface area contributed by atoms with Crippen LogP contribution in [0, 0.1) is 0 Å². The first-order valence-electron chi connectivity index (χ1n) is 5.98. The minimum Gasteiger partial charge on any atom is -0.480 e. The number of aromatic nitrogens is 3. The third kappa shape index (κ3) is 6.59. The van der Waals surface area contributed by atoms with Gasteiger partial charge in [0.2, 0.25) is 10.0 Å². The summed E-state index contributed by atoms with van der Waals surface area (Å²) in [6.45, 7) is 3.39. The van der Waals surface area contributed by atoms with E-state index in [9.17, 15) is 13.2 Å². The van der Waals surface area contributed by atoms with Crippen molar-refractivity contribution in [2.45, 2.75) is 33.0 Å². The van der Waals surface area contributed by atoms with E-state index in [4.69, 9.17) is 9.84 Å². The lowest BCUT2D eigenvalue weighted by molar-refractivity contribution is -0.137. The average molecular weight is 306 g/mol. The van der Waals surface area contributed by atoms with Gasteiger partial charge in [0.1, 0.15) is 6.54 Å². The lowest BCUT2D eigenvalue weighted by Gasteiger charge is -2.08. The molecule has 0 radical (unpaired) electrons. The number of carboxylic acids is 1. The van der Waals surface area contributed by atoms with Gasteiger partial charge in [0.15, 0.2) is 0 Å². The van der Waals surface area contributed by atoms with E-state index < -0.39 is 16.0 Å². The van der Waals surface area contributed by atoms with Crippen LogP contribution in [0.15, 0.2) is 6.20 Å². The predicted molar refractivity (Wildman–Crippen MR) is 69.4 cm³/mol. The molecular formula is C10H18N4O5S. The first kappa shape index (κ1) is 16.5. The van der Waals surface area contributed by atoms with E-state index in [1.807, 2.05) is 13.8 Å². The van der Waals surface area contributed by atoms with Crippen molar-refractivity contribution in [2.24, 2.45) is 0 Å². The lowest BCUT2D eigenvalue weighted by atomic mass is 10.5. The number of carboxylic acid groups (broad SMARTS) is 1. The molecule has 1 heterocycles. The van der Waals surface area contributed by atoms with Gasteiger partial charge in [-0.05, 0) is 13.8 Å². The van der Waals surface area contributed by atoms with E-state index in [1.165, 1.54) is 6.20 Å². The SMILES string of the molecule is CC(C)OCCS(=O)(=O)NCc1cn(CC(=O)O)nn1. The molecule has 0 aliphatic carbocycles. The number of nitrogens with one attached hydrogen (secondary N) is 1. The van der Waals surface area contributed by atoms with Crippen molar-refractivity contribution in [3.05, 3.63) is 11.9 Å². The first-order chi connectivity index (χ1) is 9.28. The summed E-state index contributed by atoms with van der Waals surface area (Å²) in [7, 11) is -3.46. The Hall–Kier alpha value is -1.52. The second kappa shape index (κ2) is 7.31. The van der Waals surface area contributed by atoms with Gasteiger partial charge >= 0.3 is 5.97 Å². The van der Waals surface area contributed by atoms with Crippen LogP contribution in [0.5, 0.6) is 0 Å². The molecule has 2 N–H and O–H groups in total. The van der Waals surface area contributed by atoms with Crippen LogP contribution in [0.25, 0.3) is 0 Å². The van der Waals surface area contributed by atoms with Gasteiger partial charge in [0.25, 0.3) is 0 Å². The third-order valence-corrected chi connectivity index (χ3v) is 3.45. The van der Waals surface area contributed by atoms with Gasteiger partial charge < -0.3 is 9.84 Å². The molecule has 10 heteroatoms. The molecule has 0 saturated heterocycles. The minimum absolute atomic E-state index is 0.0267. The maximum Gasteiger partial charge on any atom is 0.325 e. The van der Waals surface area contributed by atoms with Gasteiger partial charge in [-0.25, -0.2) is 17.8 Å². The molecule has 0 unspecified atom stereocenters. The molecule has 9 nitrogen and oxygen atoms in total. The van der Waals surface area contributed by atoms with Crippen molar-refractivity contribution in [1.29, 1.82) is 0 Å². The maximum atomic E-state index is 11.6. The smallest absolute Gasteiger partial charge is 0.325 e. The highest BCUT2D eigenvalue weighted by Gasteiger charge is 2.12. The number of sulfonamides is 1. The summed E-state index contributed by atoms with van der Waals surface area (Å²) in [4.78, 5) is 10.5. The fraction of sp³-hybridized carbons (Fsp3) is 0.700. The Morgan fingerprint density at radius 1 is 1.55 bits per heavy atom. The molecule has 1 aromatic heterocycles. The molecule has 0 saturated carbocycles. The monoisotopic (exact) mass is 306 g/mol. The summed E-state index contributed by atoms with van der Waals surface area (Å²) in [5, 5.41) is 15.8. The predicted octanol–water partition coefficient (Wildman–Crippen LogP) is -0.793. The normalized spacial score (nSPS) is 11.9. The highest BCUT2D eigenvalue weighted by atomic mass is 32.2. The number of hydrogen-bond acceptors (Lipinski definition) is 6. The van der Waals surface area contributed by atoms with Gasteiger partial charge in [0, 0.05) is 0 Å². The summed E-state index contributed by atoms with van der Waals surface area (Å²) in [5.74, 6) is -1.19. The molecule has 1 rings (SSSR count). The third-order valence-electron chi connectivity index (χ3n) is 2.16. The molecule has 0 amide bonds. The fourth-order valence-corrected chi connectivity index (χ4v) is 2.11. The number of rotatable bonds is 9. The van der Waals surface area contributed by atoms with Gasteiger partial charge in [-0.3, -0.25) is 4.79 Å². The molecule has 114 valence electrons.